The third kappa shape index (κ3) is 4.14. The van der Waals surface area contributed by atoms with Gasteiger partial charge in [-0.2, -0.15) is 0 Å². The number of anilines is 3. The van der Waals surface area contributed by atoms with Crippen molar-refractivity contribution in [2.45, 2.75) is 38.5 Å². The molecule has 0 N–H and O–H groups in total. The van der Waals surface area contributed by atoms with Crippen LogP contribution in [-0.2, 0) is 10.8 Å². The summed E-state index contributed by atoms with van der Waals surface area (Å²) in [6.45, 7) is 9.60. The van der Waals surface area contributed by atoms with E-state index in [1.165, 1.54) is 93.3 Å². The highest BCUT2D eigenvalue weighted by Gasteiger charge is 2.40. The molecule has 0 saturated heterocycles. The van der Waals surface area contributed by atoms with Crippen molar-refractivity contribution in [1.82, 2.24) is 0 Å². The van der Waals surface area contributed by atoms with Gasteiger partial charge in [-0.05, 0) is 125 Å². The summed E-state index contributed by atoms with van der Waals surface area (Å²) in [5.41, 5.74) is 14.3. The van der Waals surface area contributed by atoms with E-state index >= 15 is 0 Å². The van der Waals surface area contributed by atoms with Gasteiger partial charge in [-0.25, -0.2) is 0 Å². The minimum atomic E-state index is -0.179. The Hall–Kier alpha value is -6.18. The van der Waals surface area contributed by atoms with Crippen LogP contribution in [-0.4, -0.2) is 0 Å². The third-order valence-electron chi connectivity index (χ3n) is 12.5. The molecule has 0 saturated carbocycles. The molecule has 0 unspecified atom stereocenters. The lowest BCUT2D eigenvalue weighted by atomic mass is 9.79. The van der Waals surface area contributed by atoms with Gasteiger partial charge in [0, 0.05) is 27.6 Å². The minimum Gasteiger partial charge on any atom is -0.310 e. The Morgan fingerprint density at radius 2 is 0.981 bits per heavy atom. The summed E-state index contributed by atoms with van der Waals surface area (Å²) in [7, 11) is 0. The summed E-state index contributed by atoms with van der Waals surface area (Å²) in [5, 5.41) is 10.4. The van der Waals surface area contributed by atoms with Crippen molar-refractivity contribution in [2.75, 3.05) is 4.90 Å². The van der Waals surface area contributed by atoms with Crippen LogP contribution in [0.4, 0.5) is 17.1 Å². The van der Waals surface area contributed by atoms with Gasteiger partial charge in [-0.15, -0.1) is 0 Å². The molecule has 9 aromatic rings. The molecule has 0 aromatic heterocycles. The van der Waals surface area contributed by atoms with Crippen molar-refractivity contribution < 1.29 is 0 Å². The first kappa shape index (κ1) is 30.4. The van der Waals surface area contributed by atoms with Crippen LogP contribution in [0.1, 0.15) is 49.9 Å². The topological polar surface area (TPSA) is 3.24 Å². The monoisotopic (exact) mass is 677 g/mol. The fraction of sp³-hybridized carbons (Fsp3) is 0.115. The van der Waals surface area contributed by atoms with E-state index in [1.807, 2.05) is 0 Å². The predicted octanol–water partition coefficient (Wildman–Crippen LogP) is 14.4. The van der Waals surface area contributed by atoms with Crippen LogP contribution in [0.25, 0.3) is 65.3 Å². The van der Waals surface area contributed by atoms with E-state index in [-0.39, 0.29) is 10.8 Å². The molecule has 0 spiro atoms. The summed E-state index contributed by atoms with van der Waals surface area (Å²) in [4.78, 5) is 2.49. The van der Waals surface area contributed by atoms with E-state index in [0.29, 0.717) is 0 Å². The average Bonchev–Trinajstić information content (AvgIpc) is 3.56. The van der Waals surface area contributed by atoms with Crippen molar-refractivity contribution in [3.8, 4) is 22.3 Å². The predicted molar refractivity (Wildman–Crippen MR) is 226 cm³/mol. The highest BCUT2D eigenvalue weighted by atomic mass is 15.1. The molecule has 0 heterocycles. The molecule has 0 bridgehead atoms. The van der Waals surface area contributed by atoms with Gasteiger partial charge < -0.3 is 4.90 Å². The molecule has 9 aromatic carbocycles. The zero-order valence-corrected chi connectivity index (χ0v) is 30.5. The van der Waals surface area contributed by atoms with Crippen molar-refractivity contribution >= 4 is 60.2 Å². The highest BCUT2D eigenvalue weighted by Crippen LogP contribution is 2.57. The number of para-hydroxylation sites is 1. The molecule has 2 aliphatic rings. The third-order valence-corrected chi connectivity index (χ3v) is 12.5. The maximum atomic E-state index is 2.50. The SMILES string of the molecule is CC1(C)c2cc3cc(N(c4ccccc4)c4cc5c(c6ccccc46)-c4ccc6ccccc6c4C5(C)C)ccc3cc2-c2c1ccc1ccccc21. The maximum absolute atomic E-state index is 2.50. The molecule has 0 fully saturated rings. The zero-order chi connectivity index (χ0) is 35.6. The molecule has 2 aliphatic carbocycles. The fourth-order valence-corrected chi connectivity index (χ4v) is 9.99. The molecule has 0 aliphatic heterocycles. The van der Waals surface area contributed by atoms with E-state index in [2.05, 4.69) is 196 Å². The van der Waals surface area contributed by atoms with Crippen LogP contribution in [0.5, 0.6) is 0 Å². The van der Waals surface area contributed by atoms with Crippen LogP contribution in [0, 0.1) is 0 Å². The van der Waals surface area contributed by atoms with E-state index in [0.717, 1.165) is 11.4 Å². The molecule has 11 rings (SSSR count). The van der Waals surface area contributed by atoms with Crippen molar-refractivity contribution in [1.29, 1.82) is 0 Å². The number of fused-ring (bicyclic) bond motifs is 13. The Balaban J connectivity index is 1.15. The van der Waals surface area contributed by atoms with Gasteiger partial charge in [0.2, 0.25) is 0 Å². The molecule has 0 atom stereocenters. The fourth-order valence-electron chi connectivity index (χ4n) is 9.99. The second-order valence-corrected chi connectivity index (χ2v) is 16.1. The minimum absolute atomic E-state index is 0.0983. The summed E-state index contributed by atoms with van der Waals surface area (Å²) in [6, 6.07) is 61.4. The number of nitrogens with zero attached hydrogens (tertiary/aromatic N) is 1. The summed E-state index contributed by atoms with van der Waals surface area (Å²) in [6.07, 6.45) is 0. The lowest BCUT2D eigenvalue weighted by molar-refractivity contribution is 0.661. The molecule has 252 valence electrons. The van der Waals surface area contributed by atoms with Crippen LogP contribution in [0.3, 0.4) is 0 Å². The molecule has 0 amide bonds. The average molecular weight is 678 g/mol. The molecule has 1 nitrogen and oxygen atoms in total. The van der Waals surface area contributed by atoms with Crippen LogP contribution < -0.4 is 4.90 Å². The Bertz CT molecular complexity index is 3000. The first-order chi connectivity index (χ1) is 25.8. The first-order valence-corrected chi connectivity index (χ1v) is 18.9. The number of hydrogen-bond donors (Lipinski definition) is 0. The van der Waals surface area contributed by atoms with Gasteiger partial charge in [-0.3, -0.25) is 0 Å². The lowest BCUT2D eigenvalue weighted by Crippen LogP contribution is -2.17. The smallest absolute Gasteiger partial charge is 0.0543 e. The van der Waals surface area contributed by atoms with E-state index in [1.54, 1.807) is 0 Å². The van der Waals surface area contributed by atoms with Gasteiger partial charge in [-0.1, -0.05) is 149 Å². The lowest BCUT2D eigenvalue weighted by Gasteiger charge is -2.30. The number of rotatable bonds is 3. The van der Waals surface area contributed by atoms with Crippen molar-refractivity contribution in [3.05, 3.63) is 186 Å². The quantitative estimate of drug-likeness (QED) is 0.180. The molecular formula is C52H39N. The van der Waals surface area contributed by atoms with Gasteiger partial charge in [0.15, 0.2) is 0 Å². The normalized spacial score (nSPS) is 14.7. The van der Waals surface area contributed by atoms with Crippen LogP contribution in [0.15, 0.2) is 164 Å². The highest BCUT2D eigenvalue weighted by molar-refractivity contribution is 6.13. The standard InChI is InChI=1S/C52H39N/c1-51(2)44-27-24-32-14-8-10-18-38(32)48(44)43-29-34-22-25-37(28-35(34)30-45(43)51)53(36-16-6-5-7-17-36)47-31-46-49(41-21-13-12-20-40(41)47)42-26-23-33-15-9-11-19-39(33)50(42)52(46,3)4/h5-31H,1-4H3. The van der Waals surface area contributed by atoms with Gasteiger partial charge >= 0.3 is 0 Å². The van der Waals surface area contributed by atoms with E-state index in [9.17, 15) is 0 Å². The molecule has 0 radical (unpaired) electrons. The molecule has 53 heavy (non-hydrogen) atoms. The van der Waals surface area contributed by atoms with Crippen LogP contribution in [0.2, 0.25) is 0 Å². The Morgan fingerprint density at radius 3 is 1.77 bits per heavy atom. The maximum Gasteiger partial charge on any atom is 0.0543 e. The Labute approximate surface area is 310 Å². The van der Waals surface area contributed by atoms with Crippen molar-refractivity contribution in [3.63, 3.8) is 0 Å². The molecule has 1 heteroatoms. The molecular weight excluding hydrogens is 639 g/mol. The van der Waals surface area contributed by atoms with Crippen molar-refractivity contribution in [2.24, 2.45) is 0 Å². The number of hydrogen-bond acceptors (Lipinski definition) is 1. The summed E-state index contributed by atoms with van der Waals surface area (Å²) in [5.74, 6) is 0. The van der Waals surface area contributed by atoms with Gasteiger partial charge in [0.1, 0.15) is 0 Å². The Morgan fingerprint density at radius 1 is 0.358 bits per heavy atom. The first-order valence-electron chi connectivity index (χ1n) is 18.9. The van der Waals surface area contributed by atoms with E-state index in [4.69, 9.17) is 0 Å². The number of benzene rings is 9. The second kappa shape index (κ2) is 10.7. The van der Waals surface area contributed by atoms with Gasteiger partial charge in [0.25, 0.3) is 0 Å². The second-order valence-electron chi connectivity index (χ2n) is 16.1. The van der Waals surface area contributed by atoms with E-state index < -0.39 is 0 Å². The van der Waals surface area contributed by atoms with Gasteiger partial charge in [0.05, 0.1) is 5.69 Å². The summed E-state index contributed by atoms with van der Waals surface area (Å²) < 4.78 is 0. The van der Waals surface area contributed by atoms with Crippen LogP contribution >= 0.6 is 0 Å². The summed E-state index contributed by atoms with van der Waals surface area (Å²) >= 11 is 0. The zero-order valence-electron chi connectivity index (χ0n) is 30.5. The Kier molecular flexibility index (Phi) is 6.14. The largest absolute Gasteiger partial charge is 0.310 e.